The fraction of sp³-hybridized carbons (Fsp3) is 0. The van der Waals surface area contributed by atoms with E-state index in [0.717, 1.165) is 21.3 Å². The zero-order valence-corrected chi connectivity index (χ0v) is 8.70. The van der Waals surface area contributed by atoms with Gasteiger partial charge >= 0.3 is 0 Å². The summed E-state index contributed by atoms with van der Waals surface area (Å²) in [5.74, 6) is 0. The van der Waals surface area contributed by atoms with E-state index < -0.39 is 0 Å². The van der Waals surface area contributed by atoms with Crippen LogP contribution < -0.4 is 0 Å². The summed E-state index contributed by atoms with van der Waals surface area (Å²) >= 11 is 6.00. The van der Waals surface area contributed by atoms with Crippen LogP contribution in [-0.4, -0.2) is 4.98 Å². The summed E-state index contributed by atoms with van der Waals surface area (Å²) in [5.41, 5.74) is 1.01. The molecule has 0 spiro atoms. The van der Waals surface area contributed by atoms with E-state index in [1.807, 2.05) is 30.3 Å². The number of hydrogen-bond donors (Lipinski definition) is 0. The van der Waals surface area contributed by atoms with E-state index in [1.165, 1.54) is 5.39 Å². The molecule has 0 atom stereocenters. The zero-order chi connectivity index (χ0) is 10.3. The van der Waals surface area contributed by atoms with Gasteiger partial charge in [0.2, 0.25) is 0 Å². The van der Waals surface area contributed by atoms with Crippen LogP contribution in [0.1, 0.15) is 0 Å². The van der Waals surface area contributed by atoms with Crippen LogP contribution in [0.15, 0.2) is 48.7 Å². The molecule has 0 radical (unpaired) electrons. The molecule has 1 heterocycles. The average Bonchev–Trinajstić information content (AvgIpc) is 2.29. The van der Waals surface area contributed by atoms with Crippen molar-refractivity contribution in [3.8, 4) is 0 Å². The van der Waals surface area contributed by atoms with E-state index in [2.05, 4.69) is 17.1 Å². The first-order valence-electron chi connectivity index (χ1n) is 4.77. The smallest absolute Gasteiger partial charge is 0.0708 e. The third-order valence-corrected chi connectivity index (χ3v) is 2.80. The highest BCUT2D eigenvalue weighted by atomic mass is 35.5. The Morgan fingerprint density at radius 2 is 1.80 bits per heavy atom. The Morgan fingerprint density at radius 3 is 2.73 bits per heavy atom. The molecule has 0 unspecified atom stereocenters. The van der Waals surface area contributed by atoms with Gasteiger partial charge in [-0.3, -0.25) is 4.98 Å². The minimum atomic E-state index is 0.763. The number of pyridine rings is 1. The Balaban J connectivity index is 2.57. The fourth-order valence-electron chi connectivity index (χ4n) is 1.85. The van der Waals surface area contributed by atoms with Gasteiger partial charge in [-0.1, -0.05) is 29.8 Å². The van der Waals surface area contributed by atoms with Crippen LogP contribution in [-0.2, 0) is 0 Å². The molecule has 1 nitrogen and oxygen atoms in total. The molecule has 0 amide bonds. The van der Waals surface area contributed by atoms with Crippen LogP contribution >= 0.6 is 11.6 Å². The van der Waals surface area contributed by atoms with Crippen LogP contribution in [0.5, 0.6) is 0 Å². The molecular weight excluding hydrogens is 206 g/mol. The first-order valence-corrected chi connectivity index (χ1v) is 5.15. The van der Waals surface area contributed by atoms with Gasteiger partial charge in [-0.2, -0.15) is 0 Å². The Labute approximate surface area is 92.3 Å². The molecule has 0 N–H and O–H groups in total. The summed E-state index contributed by atoms with van der Waals surface area (Å²) in [6.45, 7) is 0. The van der Waals surface area contributed by atoms with Gasteiger partial charge in [-0.05, 0) is 35.0 Å². The SMILES string of the molecule is Clc1ccc2ccc3ncccc3c2c1. The summed E-state index contributed by atoms with van der Waals surface area (Å²) < 4.78 is 0. The molecule has 0 bridgehead atoms. The Hall–Kier alpha value is -1.60. The summed E-state index contributed by atoms with van der Waals surface area (Å²) in [6, 6.07) is 14.0. The van der Waals surface area contributed by atoms with E-state index in [4.69, 9.17) is 11.6 Å². The number of hydrogen-bond acceptors (Lipinski definition) is 1. The maximum absolute atomic E-state index is 6.00. The molecule has 0 aliphatic heterocycles. The lowest BCUT2D eigenvalue weighted by atomic mass is 10.1. The van der Waals surface area contributed by atoms with Crippen LogP contribution in [0.25, 0.3) is 21.7 Å². The maximum Gasteiger partial charge on any atom is 0.0708 e. The van der Waals surface area contributed by atoms with Crippen molar-refractivity contribution in [3.05, 3.63) is 53.7 Å². The fourth-order valence-corrected chi connectivity index (χ4v) is 2.03. The second-order valence-corrected chi connectivity index (χ2v) is 3.94. The van der Waals surface area contributed by atoms with Gasteiger partial charge < -0.3 is 0 Å². The number of nitrogens with zero attached hydrogens (tertiary/aromatic N) is 1. The Kier molecular flexibility index (Phi) is 1.86. The van der Waals surface area contributed by atoms with Crippen molar-refractivity contribution in [2.45, 2.75) is 0 Å². The molecule has 72 valence electrons. The lowest BCUT2D eigenvalue weighted by Gasteiger charge is -2.02. The first-order chi connectivity index (χ1) is 7.34. The summed E-state index contributed by atoms with van der Waals surface area (Å²) in [6.07, 6.45) is 1.80. The topological polar surface area (TPSA) is 12.9 Å². The number of benzene rings is 2. The third kappa shape index (κ3) is 1.36. The Morgan fingerprint density at radius 1 is 0.933 bits per heavy atom. The van der Waals surface area contributed by atoms with E-state index >= 15 is 0 Å². The molecule has 0 aliphatic carbocycles. The highest BCUT2D eigenvalue weighted by Crippen LogP contribution is 2.26. The van der Waals surface area contributed by atoms with Gasteiger partial charge in [0.05, 0.1) is 5.52 Å². The van der Waals surface area contributed by atoms with Gasteiger partial charge in [0.1, 0.15) is 0 Å². The predicted octanol–water partition coefficient (Wildman–Crippen LogP) is 4.04. The van der Waals surface area contributed by atoms with Crippen LogP contribution in [0.4, 0.5) is 0 Å². The van der Waals surface area contributed by atoms with E-state index in [0.29, 0.717) is 0 Å². The first kappa shape index (κ1) is 8.69. The Bertz CT molecular complexity index is 646. The van der Waals surface area contributed by atoms with Gasteiger partial charge in [0.25, 0.3) is 0 Å². The zero-order valence-electron chi connectivity index (χ0n) is 7.94. The summed E-state index contributed by atoms with van der Waals surface area (Å²) in [4.78, 5) is 4.32. The van der Waals surface area contributed by atoms with Crippen LogP contribution in [0.2, 0.25) is 5.02 Å². The summed E-state index contributed by atoms with van der Waals surface area (Å²) in [7, 11) is 0. The minimum absolute atomic E-state index is 0.763. The van der Waals surface area contributed by atoms with Gasteiger partial charge in [0.15, 0.2) is 0 Å². The van der Waals surface area contributed by atoms with Crippen molar-refractivity contribution in [1.29, 1.82) is 0 Å². The lowest BCUT2D eigenvalue weighted by molar-refractivity contribution is 1.42. The van der Waals surface area contributed by atoms with Crippen LogP contribution in [0, 0.1) is 0 Å². The van der Waals surface area contributed by atoms with E-state index in [1.54, 1.807) is 6.20 Å². The normalized spacial score (nSPS) is 11.0. The molecule has 0 fully saturated rings. The number of halogens is 1. The second kappa shape index (κ2) is 3.21. The average molecular weight is 214 g/mol. The van der Waals surface area contributed by atoms with Gasteiger partial charge in [-0.25, -0.2) is 0 Å². The molecule has 2 heteroatoms. The van der Waals surface area contributed by atoms with Crippen molar-refractivity contribution < 1.29 is 0 Å². The molecule has 1 aromatic heterocycles. The number of fused-ring (bicyclic) bond motifs is 3. The highest BCUT2D eigenvalue weighted by molar-refractivity contribution is 6.31. The lowest BCUT2D eigenvalue weighted by Crippen LogP contribution is -1.80. The standard InChI is InChI=1S/C13H8ClN/c14-10-5-3-9-4-6-13-11(12(9)8-10)2-1-7-15-13/h1-8H. The maximum atomic E-state index is 6.00. The largest absolute Gasteiger partial charge is 0.256 e. The molecule has 0 aliphatic rings. The number of rotatable bonds is 0. The number of aromatic nitrogens is 1. The quantitative estimate of drug-likeness (QED) is 0.514. The second-order valence-electron chi connectivity index (χ2n) is 3.50. The molecular formula is C13H8ClN. The highest BCUT2D eigenvalue weighted by Gasteiger charge is 2.00. The predicted molar refractivity (Wildman–Crippen MR) is 64.3 cm³/mol. The molecule has 0 saturated heterocycles. The minimum Gasteiger partial charge on any atom is -0.256 e. The van der Waals surface area contributed by atoms with Crippen LogP contribution in [0.3, 0.4) is 0 Å². The van der Waals surface area contributed by atoms with Crippen molar-refractivity contribution in [3.63, 3.8) is 0 Å². The molecule has 3 aromatic rings. The molecule has 0 saturated carbocycles. The molecule has 15 heavy (non-hydrogen) atoms. The molecule has 3 rings (SSSR count). The van der Waals surface area contributed by atoms with Crippen molar-refractivity contribution in [1.82, 2.24) is 4.98 Å². The van der Waals surface area contributed by atoms with E-state index in [9.17, 15) is 0 Å². The molecule has 2 aromatic carbocycles. The van der Waals surface area contributed by atoms with Gasteiger partial charge in [0, 0.05) is 16.6 Å². The van der Waals surface area contributed by atoms with Crippen molar-refractivity contribution in [2.24, 2.45) is 0 Å². The monoisotopic (exact) mass is 213 g/mol. The van der Waals surface area contributed by atoms with Crippen molar-refractivity contribution in [2.75, 3.05) is 0 Å². The third-order valence-electron chi connectivity index (χ3n) is 2.56. The van der Waals surface area contributed by atoms with Gasteiger partial charge in [-0.15, -0.1) is 0 Å². The van der Waals surface area contributed by atoms with E-state index in [-0.39, 0.29) is 0 Å². The van der Waals surface area contributed by atoms with Crippen molar-refractivity contribution >= 4 is 33.3 Å². The summed E-state index contributed by atoms with van der Waals surface area (Å²) in [5, 5.41) is 4.27.